The van der Waals surface area contributed by atoms with E-state index in [2.05, 4.69) is 5.32 Å². The molecule has 0 atom stereocenters. The molecule has 0 radical (unpaired) electrons. The highest BCUT2D eigenvalue weighted by molar-refractivity contribution is 5.86. The smallest absolute Gasteiger partial charge is 0.141 e. The Morgan fingerprint density at radius 3 is 2.17 bits per heavy atom. The van der Waals surface area contributed by atoms with Crippen LogP contribution >= 0.6 is 0 Å². The highest BCUT2D eigenvalue weighted by Gasteiger charge is 2.38. The van der Waals surface area contributed by atoms with Gasteiger partial charge in [0.15, 0.2) is 0 Å². The average molecular weight is 169 g/mol. The van der Waals surface area contributed by atoms with E-state index in [1.807, 2.05) is 27.8 Å². The molecule has 0 aromatic carbocycles. The van der Waals surface area contributed by atoms with Crippen molar-refractivity contribution >= 4 is 5.78 Å². The zero-order chi connectivity index (χ0) is 9.35. The molecule has 12 heavy (non-hydrogen) atoms. The zero-order valence-electron chi connectivity index (χ0n) is 8.48. The number of carbonyl (C=O) groups excluding carboxylic acids is 1. The molecule has 0 bridgehead atoms. The second-order valence-corrected chi connectivity index (χ2v) is 4.77. The fraction of sp³-hybridized carbons (Fsp3) is 0.900. The van der Waals surface area contributed by atoms with Crippen LogP contribution in [0.25, 0.3) is 0 Å². The molecule has 1 fully saturated rings. The van der Waals surface area contributed by atoms with Crippen molar-refractivity contribution in [3.63, 3.8) is 0 Å². The predicted molar refractivity (Wildman–Crippen MR) is 50.0 cm³/mol. The molecule has 1 aliphatic rings. The summed E-state index contributed by atoms with van der Waals surface area (Å²) in [5.74, 6) is 0.747. The van der Waals surface area contributed by atoms with Crippen LogP contribution in [0.1, 0.15) is 33.6 Å². The lowest BCUT2D eigenvalue weighted by Gasteiger charge is -2.37. The third-order valence-corrected chi connectivity index (χ3v) is 2.66. The molecule has 0 aromatic heterocycles. The van der Waals surface area contributed by atoms with Crippen LogP contribution in [0, 0.1) is 11.3 Å². The van der Waals surface area contributed by atoms with E-state index in [0.717, 1.165) is 12.8 Å². The van der Waals surface area contributed by atoms with Crippen molar-refractivity contribution in [1.82, 2.24) is 5.32 Å². The van der Waals surface area contributed by atoms with Gasteiger partial charge >= 0.3 is 0 Å². The molecule has 1 aliphatic carbocycles. The molecule has 1 saturated carbocycles. The van der Waals surface area contributed by atoms with Crippen LogP contribution in [-0.2, 0) is 4.79 Å². The van der Waals surface area contributed by atoms with E-state index < -0.39 is 0 Å². The lowest BCUT2D eigenvalue weighted by Crippen LogP contribution is -2.45. The summed E-state index contributed by atoms with van der Waals surface area (Å²) in [6.45, 7) is 6.01. The molecule has 1 rings (SSSR count). The van der Waals surface area contributed by atoms with Gasteiger partial charge in [-0.2, -0.15) is 0 Å². The van der Waals surface area contributed by atoms with E-state index in [-0.39, 0.29) is 5.41 Å². The first kappa shape index (κ1) is 9.72. The van der Waals surface area contributed by atoms with E-state index >= 15 is 0 Å². The van der Waals surface area contributed by atoms with Crippen molar-refractivity contribution < 1.29 is 4.79 Å². The Morgan fingerprint density at radius 2 is 1.83 bits per heavy atom. The predicted octanol–water partition coefficient (Wildman–Crippen LogP) is 1.60. The summed E-state index contributed by atoms with van der Waals surface area (Å²) in [7, 11) is 1.96. The van der Waals surface area contributed by atoms with Crippen molar-refractivity contribution in [3.05, 3.63) is 0 Å². The minimum atomic E-state index is -0.149. The minimum absolute atomic E-state index is 0.149. The summed E-state index contributed by atoms with van der Waals surface area (Å²) in [4.78, 5) is 11.7. The van der Waals surface area contributed by atoms with Gasteiger partial charge in [0.1, 0.15) is 5.78 Å². The maximum Gasteiger partial charge on any atom is 0.141 e. The largest absolute Gasteiger partial charge is 0.317 e. The third kappa shape index (κ3) is 1.86. The number of Topliss-reactive ketones (excluding diaryl/α,β-unsaturated/α-hetero) is 1. The summed E-state index contributed by atoms with van der Waals surface area (Å²) >= 11 is 0. The molecule has 0 aromatic rings. The Balaban J connectivity index is 2.39. The number of nitrogens with one attached hydrogen (secondary N) is 1. The number of hydrogen-bond acceptors (Lipinski definition) is 2. The van der Waals surface area contributed by atoms with Crippen LogP contribution in [0.2, 0.25) is 0 Å². The van der Waals surface area contributed by atoms with Crippen molar-refractivity contribution in [2.45, 2.75) is 39.7 Å². The standard InChI is InChI=1S/C10H19NO/c1-10(2,3)9(12)7-5-8(6-7)11-4/h7-8,11H,5-6H2,1-4H3. The second-order valence-electron chi connectivity index (χ2n) is 4.77. The highest BCUT2D eigenvalue weighted by Crippen LogP contribution is 2.33. The Bertz CT molecular complexity index is 175. The van der Waals surface area contributed by atoms with E-state index in [0.29, 0.717) is 17.7 Å². The molecular formula is C10H19NO. The van der Waals surface area contributed by atoms with Crippen molar-refractivity contribution in [3.8, 4) is 0 Å². The first-order valence-electron chi connectivity index (χ1n) is 4.66. The minimum Gasteiger partial charge on any atom is -0.317 e. The maximum absolute atomic E-state index is 11.7. The van der Waals surface area contributed by atoms with Crippen LogP contribution in [-0.4, -0.2) is 18.9 Å². The van der Waals surface area contributed by atoms with Gasteiger partial charge in [-0.15, -0.1) is 0 Å². The molecule has 0 unspecified atom stereocenters. The fourth-order valence-electron chi connectivity index (χ4n) is 1.68. The van der Waals surface area contributed by atoms with Gasteiger partial charge in [-0.3, -0.25) is 4.79 Å². The van der Waals surface area contributed by atoms with Crippen molar-refractivity contribution in [2.75, 3.05) is 7.05 Å². The first-order chi connectivity index (χ1) is 5.45. The molecule has 1 N–H and O–H groups in total. The van der Waals surface area contributed by atoms with Gasteiger partial charge in [0.25, 0.3) is 0 Å². The number of ketones is 1. The Kier molecular flexibility index (Phi) is 2.57. The number of rotatable bonds is 2. The summed E-state index contributed by atoms with van der Waals surface area (Å²) in [5.41, 5.74) is -0.149. The van der Waals surface area contributed by atoms with Gasteiger partial charge < -0.3 is 5.32 Å². The molecule has 2 heteroatoms. The summed E-state index contributed by atoms with van der Waals surface area (Å²) in [6, 6.07) is 0.585. The third-order valence-electron chi connectivity index (χ3n) is 2.66. The molecule has 0 amide bonds. The summed E-state index contributed by atoms with van der Waals surface area (Å²) in [6.07, 6.45) is 2.07. The lowest BCUT2D eigenvalue weighted by molar-refractivity contribution is -0.133. The lowest BCUT2D eigenvalue weighted by atomic mass is 9.70. The van der Waals surface area contributed by atoms with E-state index in [9.17, 15) is 4.79 Å². The van der Waals surface area contributed by atoms with E-state index in [4.69, 9.17) is 0 Å². The SMILES string of the molecule is CNC1CC(C(=O)C(C)(C)C)C1. The Morgan fingerprint density at radius 1 is 1.33 bits per heavy atom. The monoisotopic (exact) mass is 169 g/mol. The molecule has 0 aliphatic heterocycles. The molecule has 0 spiro atoms. The number of hydrogen-bond donors (Lipinski definition) is 1. The van der Waals surface area contributed by atoms with Gasteiger partial charge in [-0.05, 0) is 19.9 Å². The molecule has 2 nitrogen and oxygen atoms in total. The zero-order valence-corrected chi connectivity index (χ0v) is 8.48. The quantitative estimate of drug-likeness (QED) is 0.680. The van der Waals surface area contributed by atoms with Crippen LogP contribution in [0.4, 0.5) is 0 Å². The fourth-order valence-corrected chi connectivity index (χ4v) is 1.68. The molecule has 70 valence electrons. The Labute approximate surface area is 74.7 Å². The maximum atomic E-state index is 11.7. The van der Waals surface area contributed by atoms with Crippen LogP contribution in [0.15, 0.2) is 0 Å². The van der Waals surface area contributed by atoms with Crippen LogP contribution < -0.4 is 5.32 Å². The molecule has 0 heterocycles. The van der Waals surface area contributed by atoms with Crippen LogP contribution in [0.5, 0.6) is 0 Å². The second kappa shape index (κ2) is 3.17. The van der Waals surface area contributed by atoms with E-state index in [1.165, 1.54) is 0 Å². The van der Waals surface area contributed by atoms with Gasteiger partial charge in [-0.1, -0.05) is 20.8 Å². The number of carbonyl (C=O) groups is 1. The van der Waals surface area contributed by atoms with Gasteiger partial charge in [0, 0.05) is 17.4 Å². The highest BCUT2D eigenvalue weighted by atomic mass is 16.1. The van der Waals surface area contributed by atoms with Gasteiger partial charge in [-0.25, -0.2) is 0 Å². The summed E-state index contributed by atoms with van der Waals surface area (Å²) in [5, 5.41) is 3.19. The normalized spacial score (nSPS) is 29.7. The topological polar surface area (TPSA) is 29.1 Å². The van der Waals surface area contributed by atoms with Gasteiger partial charge in [0.05, 0.1) is 0 Å². The average Bonchev–Trinajstić information content (AvgIpc) is 1.83. The van der Waals surface area contributed by atoms with Crippen LogP contribution in [0.3, 0.4) is 0 Å². The molecular weight excluding hydrogens is 150 g/mol. The Hall–Kier alpha value is -0.370. The summed E-state index contributed by atoms with van der Waals surface area (Å²) < 4.78 is 0. The van der Waals surface area contributed by atoms with Gasteiger partial charge in [0.2, 0.25) is 0 Å². The van der Waals surface area contributed by atoms with Crippen molar-refractivity contribution in [2.24, 2.45) is 11.3 Å². The van der Waals surface area contributed by atoms with E-state index in [1.54, 1.807) is 0 Å². The van der Waals surface area contributed by atoms with Crippen molar-refractivity contribution in [1.29, 1.82) is 0 Å². The molecule has 0 saturated heterocycles. The first-order valence-corrected chi connectivity index (χ1v) is 4.66.